The van der Waals surface area contributed by atoms with Gasteiger partial charge in [0.1, 0.15) is 0 Å². The van der Waals surface area contributed by atoms with E-state index in [0.29, 0.717) is 5.46 Å². The maximum Gasteiger partial charge on any atom is 0.489 e. The van der Waals surface area contributed by atoms with Crippen molar-refractivity contribution in [3.05, 3.63) is 140 Å². The molecule has 0 fully saturated rings. The van der Waals surface area contributed by atoms with Gasteiger partial charge in [-0.3, -0.25) is 0 Å². The molecule has 0 bridgehead atoms. The molecule has 46 heavy (non-hydrogen) atoms. The first-order chi connectivity index (χ1) is 22.7. The molecule has 0 radical (unpaired) electrons. The number of rotatable bonds is 3. The molecule has 0 spiro atoms. The minimum Gasteiger partial charge on any atom is -0.423 e. The van der Waals surface area contributed by atoms with Crippen LogP contribution in [0.25, 0.3) is 85.9 Å². The topological polar surface area (TPSA) is 50.3 Å². The van der Waals surface area contributed by atoms with Crippen molar-refractivity contribution in [1.29, 1.82) is 0 Å². The Bertz CT molecular complexity index is 2850. The van der Waals surface area contributed by atoms with Gasteiger partial charge in [0.05, 0.1) is 22.1 Å². The summed E-state index contributed by atoms with van der Waals surface area (Å²) in [7, 11) is -1.54. The van der Waals surface area contributed by atoms with E-state index in [4.69, 9.17) is 0 Å². The largest absolute Gasteiger partial charge is 0.489 e. The van der Waals surface area contributed by atoms with Gasteiger partial charge in [-0.2, -0.15) is 0 Å². The van der Waals surface area contributed by atoms with E-state index in [0.717, 1.165) is 53.4 Å². The highest BCUT2D eigenvalue weighted by atomic mass is 32.1. The molecule has 0 atom stereocenters. The van der Waals surface area contributed by atoms with Crippen LogP contribution in [0.4, 0.5) is 0 Å². The molecule has 7 aromatic carbocycles. The normalized spacial score (nSPS) is 12.1. The van der Waals surface area contributed by atoms with Crippen LogP contribution in [0, 0.1) is 0 Å². The lowest BCUT2D eigenvalue weighted by Crippen LogP contribution is -2.29. The fraction of sp³-hybridized carbons (Fsp3) is 0. The molecule has 0 aliphatic carbocycles. The number of hydrogen-bond acceptors (Lipinski definition) is 3. The minimum absolute atomic E-state index is 0.547. The number of nitrogens with zero attached hydrogens (tertiary/aromatic N) is 2. The predicted octanol–water partition coefficient (Wildman–Crippen LogP) is 9.08. The van der Waals surface area contributed by atoms with Crippen molar-refractivity contribution in [3.8, 4) is 11.4 Å². The molecule has 10 aromatic rings. The Balaban J connectivity index is 1.30. The second-order valence-corrected chi connectivity index (χ2v) is 13.0. The molecule has 0 aliphatic rings. The quantitative estimate of drug-likeness (QED) is 0.197. The lowest BCUT2D eigenvalue weighted by molar-refractivity contribution is 0.426. The van der Waals surface area contributed by atoms with Gasteiger partial charge in [0.25, 0.3) is 0 Å². The summed E-state index contributed by atoms with van der Waals surface area (Å²) < 4.78 is 6.77. The number of para-hydroxylation sites is 3. The highest BCUT2D eigenvalue weighted by Gasteiger charge is 2.22. The van der Waals surface area contributed by atoms with Crippen molar-refractivity contribution in [2.45, 2.75) is 0 Å². The van der Waals surface area contributed by atoms with Crippen LogP contribution in [0.3, 0.4) is 0 Å². The molecule has 0 aliphatic heterocycles. The molecule has 3 aromatic heterocycles. The first-order valence-corrected chi connectivity index (χ1v) is 16.2. The maximum absolute atomic E-state index is 10.3. The predicted molar refractivity (Wildman–Crippen MR) is 195 cm³/mol. The van der Waals surface area contributed by atoms with Crippen LogP contribution < -0.4 is 5.46 Å². The molecule has 6 heteroatoms. The van der Waals surface area contributed by atoms with Crippen LogP contribution in [0.15, 0.2) is 140 Å². The molecule has 0 amide bonds. The zero-order valence-corrected chi connectivity index (χ0v) is 25.4. The molecule has 216 valence electrons. The lowest BCUT2D eigenvalue weighted by atomic mass is 9.78. The maximum atomic E-state index is 10.3. The number of hydrogen-bond donors (Lipinski definition) is 2. The Hall–Kier alpha value is -5.40. The molecular formula is C40H25BN2O2S. The van der Waals surface area contributed by atoms with Gasteiger partial charge >= 0.3 is 7.12 Å². The smallest absolute Gasteiger partial charge is 0.423 e. The molecule has 0 unspecified atom stereocenters. The first kappa shape index (κ1) is 25.9. The Morgan fingerprint density at radius 1 is 0.457 bits per heavy atom. The van der Waals surface area contributed by atoms with E-state index in [2.05, 4.69) is 124 Å². The van der Waals surface area contributed by atoms with E-state index < -0.39 is 7.12 Å². The molecular weight excluding hydrogens is 583 g/mol. The van der Waals surface area contributed by atoms with E-state index in [1.807, 2.05) is 24.3 Å². The van der Waals surface area contributed by atoms with Crippen molar-refractivity contribution < 1.29 is 10.0 Å². The summed E-state index contributed by atoms with van der Waals surface area (Å²) in [4.78, 5) is 0. The summed E-state index contributed by atoms with van der Waals surface area (Å²) in [6, 6.07) is 49.4. The van der Waals surface area contributed by atoms with Gasteiger partial charge in [0, 0.05) is 58.6 Å². The van der Waals surface area contributed by atoms with Gasteiger partial charge < -0.3 is 19.2 Å². The average molecular weight is 609 g/mol. The van der Waals surface area contributed by atoms with E-state index in [1.165, 1.54) is 32.6 Å². The summed E-state index contributed by atoms with van der Waals surface area (Å²) in [6.07, 6.45) is 0. The van der Waals surface area contributed by atoms with E-state index in [1.54, 1.807) is 11.3 Å². The standard InChI is InChI=1S/C40H25BN2O2S/c44-41(45)33-20-24-10-4-5-13-27(24)39-30-19-18-26(21-38(30)46-40(33)39)43-35-17-9-7-15-29(35)32-22-36-31(23-37(32)43)28-14-6-8-16-34(28)42(36)25-11-2-1-3-12-25/h1-23,44-45H. The summed E-state index contributed by atoms with van der Waals surface area (Å²) in [6.45, 7) is 0. The molecule has 2 N–H and O–H groups in total. The fourth-order valence-corrected chi connectivity index (χ4v) is 8.82. The van der Waals surface area contributed by atoms with Gasteiger partial charge in [-0.25, -0.2) is 0 Å². The monoisotopic (exact) mass is 608 g/mol. The number of thiophene rings is 1. The summed E-state index contributed by atoms with van der Waals surface area (Å²) >= 11 is 1.62. The molecule has 10 rings (SSSR count). The highest BCUT2D eigenvalue weighted by Crippen LogP contribution is 2.42. The van der Waals surface area contributed by atoms with Gasteiger partial charge in [-0.1, -0.05) is 91.0 Å². The van der Waals surface area contributed by atoms with Crippen molar-refractivity contribution in [2.24, 2.45) is 0 Å². The van der Waals surface area contributed by atoms with Crippen LogP contribution in [0.2, 0.25) is 0 Å². The zero-order valence-electron chi connectivity index (χ0n) is 24.6. The van der Waals surface area contributed by atoms with Crippen molar-refractivity contribution >= 4 is 98.5 Å². The lowest BCUT2D eigenvalue weighted by Gasteiger charge is -2.10. The number of benzene rings is 7. The fourth-order valence-electron chi connectivity index (χ4n) is 7.53. The van der Waals surface area contributed by atoms with E-state index in [9.17, 15) is 10.0 Å². The Kier molecular flexibility index (Phi) is 5.38. The molecule has 4 nitrogen and oxygen atoms in total. The summed E-state index contributed by atoms with van der Waals surface area (Å²) in [5, 5.41) is 29.9. The second kappa shape index (κ2) is 9.55. The van der Waals surface area contributed by atoms with Crippen molar-refractivity contribution in [3.63, 3.8) is 0 Å². The summed E-state index contributed by atoms with van der Waals surface area (Å²) in [5.74, 6) is 0. The first-order valence-electron chi connectivity index (χ1n) is 15.4. The van der Waals surface area contributed by atoms with Gasteiger partial charge in [-0.15, -0.1) is 11.3 Å². The van der Waals surface area contributed by atoms with Crippen LogP contribution >= 0.6 is 11.3 Å². The molecule has 3 heterocycles. The number of aromatic nitrogens is 2. The molecule has 0 saturated heterocycles. The third-order valence-electron chi connectivity index (χ3n) is 9.49. The second-order valence-electron chi connectivity index (χ2n) is 12.0. The highest BCUT2D eigenvalue weighted by molar-refractivity contribution is 7.27. The van der Waals surface area contributed by atoms with Gasteiger partial charge in [0.15, 0.2) is 0 Å². The van der Waals surface area contributed by atoms with E-state index in [-0.39, 0.29) is 0 Å². The van der Waals surface area contributed by atoms with Crippen LogP contribution in [0.5, 0.6) is 0 Å². The number of fused-ring (bicyclic) bond motifs is 11. The Morgan fingerprint density at radius 3 is 1.72 bits per heavy atom. The average Bonchev–Trinajstić information content (AvgIpc) is 3.74. The molecule has 0 saturated carbocycles. The van der Waals surface area contributed by atoms with Crippen molar-refractivity contribution in [1.82, 2.24) is 9.13 Å². The third kappa shape index (κ3) is 3.52. The van der Waals surface area contributed by atoms with Crippen LogP contribution in [-0.2, 0) is 0 Å². The third-order valence-corrected chi connectivity index (χ3v) is 10.7. The zero-order chi connectivity index (χ0) is 30.5. The van der Waals surface area contributed by atoms with Crippen LogP contribution in [-0.4, -0.2) is 26.3 Å². The minimum atomic E-state index is -1.54. The van der Waals surface area contributed by atoms with E-state index >= 15 is 0 Å². The SMILES string of the molecule is OB(O)c1cc2ccccc2c2c1sc1cc(-n3c4ccccc4c4cc5c(cc43)c3ccccc3n5-c3ccccc3)ccc12. The summed E-state index contributed by atoms with van der Waals surface area (Å²) in [5.41, 5.74) is 7.45. The Morgan fingerprint density at radius 2 is 1.04 bits per heavy atom. The van der Waals surface area contributed by atoms with Crippen LogP contribution in [0.1, 0.15) is 0 Å². The Labute approximate surface area is 267 Å². The van der Waals surface area contributed by atoms with Gasteiger partial charge in [-0.05, 0) is 59.3 Å². The van der Waals surface area contributed by atoms with Crippen molar-refractivity contribution in [2.75, 3.05) is 0 Å². The van der Waals surface area contributed by atoms with Gasteiger partial charge in [0.2, 0.25) is 0 Å².